The zero-order valence-corrected chi connectivity index (χ0v) is 15.7. The molecule has 8 heteroatoms. The number of amides is 2. The third-order valence-electron chi connectivity index (χ3n) is 4.99. The Morgan fingerprint density at radius 2 is 2.00 bits per heavy atom. The molecular formula is C20H22N4O4. The van der Waals surface area contributed by atoms with Gasteiger partial charge in [0.15, 0.2) is 5.82 Å². The molecule has 2 amide bonds. The minimum Gasteiger partial charge on any atom is -0.465 e. The molecule has 0 saturated heterocycles. The lowest BCUT2D eigenvalue weighted by molar-refractivity contribution is 0.0600. The lowest BCUT2D eigenvalue weighted by atomic mass is 10.1. The van der Waals surface area contributed by atoms with Crippen LogP contribution in [0.4, 0.5) is 5.69 Å². The highest BCUT2D eigenvalue weighted by atomic mass is 16.5. The smallest absolute Gasteiger partial charge is 0.337 e. The number of carbonyl (C=O) groups is 3. The maximum Gasteiger partial charge on any atom is 0.337 e. The molecule has 1 aliphatic carbocycles. The largest absolute Gasteiger partial charge is 0.465 e. The first-order valence-corrected chi connectivity index (χ1v) is 9.47. The van der Waals surface area contributed by atoms with Gasteiger partial charge in [0.1, 0.15) is 5.69 Å². The van der Waals surface area contributed by atoms with E-state index in [0.29, 0.717) is 23.5 Å². The SMILES string of the molecule is COC(=O)c1cccc(NC(=O)c2nc(C(=O)NC3CC3)c3n2CCCC3)c1. The van der Waals surface area contributed by atoms with Crippen LogP contribution in [0.25, 0.3) is 0 Å². The highest BCUT2D eigenvalue weighted by molar-refractivity contribution is 6.04. The lowest BCUT2D eigenvalue weighted by Crippen LogP contribution is -2.27. The number of esters is 1. The molecule has 2 aromatic rings. The summed E-state index contributed by atoms with van der Waals surface area (Å²) in [6, 6.07) is 6.73. The van der Waals surface area contributed by atoms with Crippen LogP contribution in [-0.4, -0.2) is 40.5 Å². The maximum atomic E-state index is 12.9. The molecule has 8 nitrogen and oxygen atoms in total. The average molecular weight is 382 g/mol. The Balaban J connectivity index is 1.59. The number of nitrogens with one attached hydrogen (secondary N) is 2. The molecule has 2 aliphatic rings. The van der Waals surface area contributed by atoms with Gasteiger partial charge in [-0.3, -0.25) is 9.59 Å². The van der Waals surface area contributed by atoms with Gasteiger partial charge in [-0.15, -0.1) is 0 Å². The zero-order chi connectivity index (χ0) is 19.7. The van der Waals surface area contributed by atoms with E-state index in [1.807, 2.05) is 4.57 Å². The van der Waals surface area contributed by atoms with Crippen molar-refractivity contribution >= 4 is 23.5 Å². The number of imidazole rings is 1. The first kappa shape index (κ1) is 18.2. The van der Waals surface area contributed by atoms with Gasteiger partial charge in [-0.2, -0.15) is 0 Å². The number of anilines is 1. The van der Waals surface area contributed by atoms with Gasteiger partial charge >= 0.3 is 5.97 Å². The van der Waals surface area contributed by atoms with Gasteiger partial charge < -0.3 is 19.9 Å². The van der Waals surface area contributed by atoms with Crippen molar-refractivity contribution in [3.8, 4) is 0 Å². The summed E-state index contributed by atoms with van der Waals surface area (Å²) >= 11 is 0. The number of hydrogen-bond acceptors (Lipinski definition) is 5. The molecule has 4 rings (SSSR count). The van der Waals surface area contributed by atoms with Crippen molar-refractivity contribution in [2.24, 2.45) is 0 Å². The molecular weight excluding hydrogens is 360 g/mol. The van der Waals surface area contributed by atoms with Crippen LogP contribution < -0.4 is 10.6 Å². The summed E-state index contributed by atoms with van der Waals surface area (Å²) in [6.07, 6.45) is 4.62. The number of benzene rings is 1. The second-order valence-corrected chi connectivity index (χ2v) is 7.11. The molecule has 0 atom stereocenters. The van der Waals surface area contributed by atoms with Crippen LogP contribution in [0.15, 0.2) is 24.3 Å². The van der Waals surface area contributed by atoms with E-state index in [1.54, 1.807) is 24.3 Å². The first-order valence-electron chi connectivity index (χ1n) is 9.47. The van der Waals surface area contributed by atoms with Gasteiger partial charge in [-0.05, 0) is 50.3 Å². The van der Waals surface area contributed by atoms with Crippen LogP contribution in [0.2, 0.25) is 0 Å². The second kappa shape index (κ2) is 7.46. The van der Waals surface area contributed by atoms with Crippen LogP contribution in [0.5, 0.6) is 0 Å². The molecule has 1 aliphatic heterocycles. The van der Waals surface area contributed by atoms with E-state index in [4.69, 9.17) is 4.74 Å². The summed E-state index contributed by atoms with van der Waals surface area (Å²) in [4.78, 5) is 41.5. The third kappa shape index (κ3) is 3.62. The van der Waals surface area contributed by atoms with Crippen LogP contribution in [-0.2, 0) is 17.7 Å². The predicted octanol–water partition coefficient (Wildman–Crippen LogP) is 2.15. The fourth-order valence-corrected chi connectivity index (χ4v) is 3.41. The number of ether oxygens (including phenoxy) is 1. The van der Waals surface area contributed by atoms with E-state index in [9.17, 15) is 14.4 Å². The van der Waals surface area contributed by atoms with Crippen LogP contribution in [0.1, 0.15) is 62.8 Å². The summed E-state index contributed by atoms with van der Waals surface area (Å²) in [5.41, 5.74) is 1.97. The molecule has 0 bridgehead atoms. The summed E-state index contributed by atoms with van der Waals surface area (Å²) in [6.45, 7) is 0.657. The molecule has 2 N–H and O–H groups in total. The minimum atomic E-state index is -0.478. The van der Waals surface area contributed by atoms with E-state index in [0.717, 1.165) is 37.8 Å². The van der Waals surface area contributed by atoms with Gasteiger partial charge in [0.2, 0.25) is 0 Å². The Morgan fingerprint density at radius 1 is 1.18 bits per heavy atom. The van der Waals surface area contributed by atoms with Gasteiger partial charge in [-0.1, -0.05) is 6.07 Å². The molecule has 146 valence electrons. The standard InChI is InChI=1S/C20H22N4O4/c1-28-20(27)12-5-4-6-14(11-12)22-19(26)17-23-16(18(25)21-13-8-9-13)15-7-2-3-10-24(15)17/h4-6,11,13H,2-3,7-10H2,1H3,(H,21,25)(H,22,26). The molecule has 0 spiro atoms. The monoisotopic (exact) mass is 382 g/mol. The molecule has 1 aromatic heterocycles. The highest BCUT2D eigenvalue weighted by Crippen LogP contribution is 2.24. The van der Waals surface area contributed by atoms with E-state index < -0.39 is 11.9 Å². The van der Waals surface area contributed by atoms with Crippen molar-refractivity contribution in [1.82, 2.24) is 14.9 Å². The third-order valence-corrected chi connectivity index (χ3v) is 4.99. The Bertz CT molecular complexity index is 946. The number of rotatable bonds is 5. The molecule has 28 heavy (non-hydrogen) atoms. The van der Waals surface area contributed by atoms with Gasteiger partial charge in [-0.25, -0.2) is 9.78 Å². The molecule has 0 unspecified atom stereocenters. The first-order chi connectivity index (χ1) is 13.6. The number of aromatic nitrogens is 2. The fraction of sp³-hybridized carbons (Fsp3) is 0.400. The summed E-state index contributed by atoms with van der Waals surface area (Å²) in [5.74, 6) is -0.872. The number of hydrogen-bond donors (Lipinski definition) is 2. The van der Waals surface area contributed by atoms with Crippen molar-refractivity contribution in [3.05, 3.63) is 47.0 Å². The van der Waals surface area contributed by atoms with E-state index in [1.165, 1.54) is 7.11 Å². The van der Waals surface area contributed by atoms with Gasteiger partial charge in [0, 0.05) is 18.3 Å². The van der Waals surface area contributed by atoms with Crippen molar-refractivity contribution in [3.63, 3.8) is 0 Å². The van der Waals surface area contributed by atoms with Crippen molar-refractivity contribution in [2.75, 3.05) is 12.4 Å². The summed E-state index contributed by atoms with van der Waals surface area (Å²) < 4.78 is 6.55. The normalized spacial score (nSPS) is 15.5. The average Bonchev–Trinajstić information content (AvgIpc) is 3.43. The fourth-order valence-electron chi connectivity index (χ4n) is 3.41. The van der Waals surface area contributed by atoms with Crippen molar-refractivity contribution < 1.29 is 19.1 Å². The Morgan fingerprint density at radius 3 is 2.75 bits per heavy atom. The topological polar surface area (TPSA) is 102 Å². The Labute approximate surface area is 162 Å². The van der Waals surface area contributed by atoms with Crippen LogP contribution in [0.3, 0.4) is 0 Å². The molecule has 0 radical (unpaired) electrons. The van der Waals surface area contributed by atoms with Gasteiger partial charge in [0.05, 0.1) is 18.4 Å². The van der Waals surface area contributed by atoms with Crippen LogP contribution >= 0.6 is 0 Å². The van der Waals surface area contributed by atoms with Crippen LogP contribution in [0, 0.1) is 0 Å². The van der Waals surface area contributed by atoms with E-state index in [2.05, 4.69) is 15.6 Å². The molecule has 1 aromatic carbocycles. The predicted molar refractivity (Wildman–Crippen MR) is 101 cm³/mol. The number of nitrogens with zero attached hydrogens (tertiary/aromatic N) is 2. The van der Waals surface area contributed by atoms with Crippen molar-refractivity contribution in [1.29, 1.82) is 0 Å². The molecule has 1 fully saturated rings. The quantitative estimate of drug-likeness (QED) is 0.772. The Hall–Kier alpha value is -3.16. The Kier molecular flexibility index (Phi) is 4.85. The minimum absolute atomic E-state index is 0.208. The zero-order valence-electron chi connectivity index (χ0n) is 15.7. The summed E-state index contributed by atoms with van der Waals surface area (Å²) in [7, 11) is 1.30. The summed E-state index contributed by atoms with van der Waals surface area (Å²) in [5, 5.41) is 5.72. The van der Waals surface area contributed by atoms with E-state index in [-0.39, 0.29) is 17.8 Å². The number of fused-ring (bicyclic) bond motifs is 1. The van der Waals surface area contributed by atoms with Gasteiger partial charge in [0.25, 0.3) is 11.8 Å². The number of methoxy groups -OCH3 is 1. The molecule has 2 heterocycles. The lowest BCUT2D eigenvalue weighted by Gasteiger charge is -2.17. The highest BCUT2D eigenvalue weighted by Gasteiger charge is 2.30. The maximum absolute atomic E-state index is 12.9. The van der Waals surface area contributed by atoms with Crippen molar-refractivity contribution in [2.45, 2.75) is 44.7 Å². The van der Waals surface area contributed by atoms with E-state index >= 15 is 0 Å². The second-order valence-electron chi connectivity index (χ2n) is 7.11. The number of carbonyl (C=O) groups excluding carboxylic acids is 3. The molecule has 1 saturated carbocycles.